The molecule has 4 N–H and O–H groups in total. The van der Waals surface area contributed by atoms with Crippen molar-refractivity contribution in [1.29, 1.82) is 0 Å². The number of nitro groups is 1. The Hall–Kier alpha value is -5.22. The number of rotatable bonds is 14. The highest BCUT2D eigenvalue weighted by molar-refractivity contribution is 9.10. The second kappa shape index (κ2) is 15.9. The minimum atomic E-state index is -1.30. The molecule has 4 rings (SSSR count). The number of ether oxygens (including phenoxy) is 4. The second-order valence-electron chi connectivity index (χ2n) is 9.90. The molecule has 1 aliphatic heterocycles. The van der Waals surface area contributed by atoms with E-state index < -0.39 is 35.0 Å². The lowest BCUT2D eigenvalue weighted by atomic mass is 9.95. The van der Waals surface area contributed by atoms with Gasteiger partial charge in [0.15, 0.2) is 17.7 Å². The van der Waals surface area contributed by atoms with Crippen LogP contribution in [0.3, 0.4) is 0 Å². The number of nitrogens with zero attached hydrogens (tertiary/aromatic N) is 2. The molecule has 0 radical (unpaired) electrons. The molecule has 2 amide bonds. The number of nitro benzene ring substituents is 1. The van der Waals surface area contributed by atoms with Crippen LogP contribution < -0.4 is 30.3 Å². The van der Waals surface area contributed by atoms with E-state index in [1.165, 1.54) is 43.7 Å². The van der Waals surface area contributed by atoms with Crippen molar-refractivity contribution in [1.82, 2.24) is 16.1 Å². The molecule has 0 spiro atoms. The molecule has 1 aliphatic rings. The number of aliphatic hydroxyl groups excluding tert-OH is 1. The van der Waals surface area contributed by atoms with Crippen LogP contribution in [0, 0.1) is 15.9 Å². The number of amides is 2. The van der Waals surface area contributed by atoms with Crippen LogP contribution >= 0.6 is 15.9 Å². The second-order valence-corrected chi connectivity index (χ2v) is 10.8. The van der Waals surface area contributed by atoms with Crippen LogP contribution in [0.5, 0.6) is 17.2 Å². The summed E-state index contributed by atoms with van der Waals surface area (Å²) >= 11 is 3.26. The van der Waals surface area contributed by atoms with Crippen molar-refractivity contribution in [3.05, 3.63) is 103 Å². The van der Waals surface area contributed by atoms with Crippen molar-refractivity contribution in [3.63, 3.8) is 0 Å². The van der Waals surface area contributed by atoms with E-state index in [4.69, 9.17) is 18.9 Å². The normalized spacial score (nSPS) is 15.0. The van der Waals surface area contributed by atoms with Crippen molar-refractivity contribution in [2.45, 2.75) is 32.7 Å². The molecule has 0 fully saturated rings. The van der Waals surface area contributed by atoms with Crippen LogP contribution in [-0.4, -0.2) is 54.8 Å². The van der Waals surface area contributed by atoms with Gasteiger partial charge in [0.25, 0.3) is 0 Å². The maximum atomic E-state index is 14.0. The Balaban J connectivity index is 1.41. The van der Waals surface area contributed by atoms with Crippen molar-refractivity contribution < 1.29 is 43.0 Å². The van der Waals surface area contributed by atoms with E-state index in [0.29, 0.717) is 22.6 Å². The zero-order valence-corrected chi connectivity index (χ0v) is 27.0. The number of methoxy groups -OCH3 is 1. The average Bonchev–Trinajstić information content (AvgIpc) is 3.03. The number of allylic oxidation sites excluding steroid dienone is 1. The van der Waals surface area contributed by atoms with Crippen molar-refractivity contribution >= 4 is 39.8 Å². The highest BCUT2D eigenvalue weighted by Gasteiger charge is 2.32. The molecule has 0 unspecified atom stereocenters. The first-order valence-corrected chi connectivity index (χ1v) is 14.9. The summed E-state index contributed by atoms with van der Waals surface area (Å²) in [5, 5.41) is 31.4. The average molecular weight is 717 g/mol. The van der Waals surface area contributed by atoms with Gasteiger partial charge in [-0.2, -0.15) is 5.10 Å². The third-order valence-electron chi connectivity index (χ3n) is 6.68. The minimum Gasteiger partial charge on any atom is -0.490 e. The minimum absolute atomic E-state index is 0.0804. The van der Waals surface area contributed by atoms with E-state index in [-0.39, 0.29) is 52.6 Å². The summed E-state index contributed by atoms with van der Waals surface area (Å²) in [6, 6.07) is 12.2. The van der Waals surface area contributed by atoms with Crippen LogP contribution in [0.2, 0.25) is 0 Å². The van der Waals surface area contributed by atoms with Gasteiger partial charge in [-0.25, -0.2) is 14.0 Å². The van der Waals surface area contributed by atoms with Crippen molar-refractivity contribution in [2.24, 2.45) is 5.10 Å². The topological polar surface area (TPSA) is 183 Å². The highest BCUT2D eigenvalue weighted by Crippen LogP contribution is 2.37. The lowest BCUT2D eigenvalue weighted by molar-refractivity contribution is -0.386. The number of urea groups is 1. The molecule has 0 bridgehead atoms. The van der Waals surface area contributed by atoms with Gasteiger partial charge >= 0.3 is 17.7 Å². The molecule has 2 atom stereocenters. The molecule has 1 heterocycles. The van der Waals surface area contributed by atoms with Crippen LogP contribution in [0.1, 0.15) is 36.6 Å². The number of carbonyl (C=O) groups excluding carboxylic acids is 2. The number of esters is 1. The molecule has 0 aliphatic carbocycles. The first kappa shape index (κ1) is 34.6. The summed E-state index contributed by atoms with van der Waals surface area (Å²) in [6.45, 7) is 3.13. The van der Waals surface area contributed by atoms with E-state index in [2.05, 4.69) is 37.1 Å². The molecule has 14 nitrogen and oxygen atoms in total. The zero-order chi connectivity index (χ0) is 34.1. The predicted octanol–water partition coefficient (Wildman–Crippen LogP) is 4.60. The Morgan fingerprint density at radius 2 is 1.96 bits per heavy atom. The number of carbonyl (C=O) groups is 2. The SMILES string of the molecule is CCOc1cc([C@@H]2NC(=O)NC(C)=C2C(=O)OC)ccc1OC[C@H](O)N/N=C/c1cc(Br)c(OCc2ccccc2F)c([N+](=O)[O-])c1. The standard InChI is InChI=1S/C31H31BrFN5O9/c1-4-45-25-13-19(28-27(30(40)44-3)17(2)35-31(41)36-28)9-10-24(25)46-16-26(39)37-34-14-18-11-21(32)29(23(12-18)38(42)43)47-15-20-7-5-6-8-22(20)33/h5-14,26,28,37,39H,4,15-16H2,1-3H3,(H2,35,36,41)/b34-14+/t26-,28-/m0/s1. The first-order chi connectivity index (χ1) is 22.5. The summed E-state index contributed by atoms with van der Waals surface area (Å²) in [4.78, 5) is 35.7. The van der Waals surface area contributed by atoms with Crippen molar-refractivity contribution in [2.75, 3.05) is 20.3 Å². The number of hydrogen-bond donors (Lipinski definition) is 4. The van der Waals surface area contributed by atoms with Gasteiger partial charge in [0.05, 0.1) is 40.9 Å². The van der Waals surface area contributed by atoms with Crippen LogP contribution in [0.4, 0.5) is 14.9 Å². The van der Waals surface area contributed by atoms with E-state index in [0.717, 1.165) is 0 Å². The van der Waals surface area contributed by atoms with Gasteiger partial charge in [0.2, 0.25) is 5.75 Å². The van der Waals surface area contributed by atoms with Crippen LogP contribution in [-0.2, 0) is 16.1 Å². The summed E-state index contributed by atoms with van der Waals surface area (Å²) in [7, 11) is 1.24. The van der Waals surface area contributed by atoms with Gasteiger partial charge in [-0.15, -0.1) is 0 Å². The molecular formula is C31H31BrFN5O9. The molecule has 47 heavy (non-hydrogen) atoms. The quantitative estimate of drug-likeness (QED) is 0.0605. The van der Waals surface area contributed by atoms with E-state index in [1.807, 2.05) is 0 Å². The first-order valence-electron chi connectivity index (χ1n) is 14.1. The van der Waals surface area contributed by atoms with Crippen LogP contribution in [0.15, 0.2) is 75.4 Å². The Bertz CT molecular complexity index is 1720. The summed E-state index contributed by atoms with van der Waals surface area (Å²) in [5.74, 6) is -0.623. The third-order valence-corrected chi connectivity index (χ3v) is 7.27. The van der Waals surface area contributed by atoms with Gasteiger partial charge < -0.3 is 34.7 Å². The number of halogens is 2. The summed E-state index contributed by atoms with van der Waals surface area (Å²) < 4.78 is 36.1. The predicted molar refractivity (Wildman–Crippen MR) is 170 cm³/mol. The molecule has 0 saturated heterocycles. The van der Waals surface area contributed by atoms with E-state index >= 15 is 0 Å². The summed E-state index contributed by atoms with van der Waals surface area (Å²) in [6.07, 6.45) is -0.0496. The number of benzene rings is 3. The Morgan fingerprint density at radius 3 is 2.66 bits per heavy atom. The Kier molecular flexibility index (Phi) is 11.7. The lowest BCUT2D eigenvalue weighted by Gasteiger charge is -2.28. The van der Waals surface area contributed by atoms with Gasteiger partial charge in [0, 0.05) is 22.9 Å². The molecule has 16 heteroatoms. The zero-order valence-electron chi connectivity index (χ0n) is 25.4. The van der Waals surface area contributed by atoms with E-state index in [1.54, 1.807) is 38.1 Å². The maximum absolute atomic E-state index is 14.0. The van der Waals surface area contributed by atoms with Gasteiger partial charge in [-0.05, 0) is 59.6 Å². The maximum Gasteiger partial charge on any atom is 0.337 e. The van der Waals surface area contributed by atoms with Crippen LogP contribution in [0.25, 0.3) is 0 Å². The molecule has 0 saturated carbocycles. The monoisotopic (exact) mass is 715 g/mol. The largest absolute Gasteiger partial charge is 0.490 e. The van der Waals surface area contributed by atoms with Gasteiger partial charge in [-0.1, -0.05) is 24.3 Å². The fourth-order valence-corrected chi connectivity index (χ4v) is 5.12. The molecule has 248 valence electrons. The van der Waals surface area contributed by atoms with E-state index in [9.17, 15) is 29.2 Å². The number of nitrogens with one attached hydrogen (secondary N) is 3. The van der Waals surface area contributed by atoms with Gasteiger partial charge in [0.1, 0.15) is 19.0 Å². The molecule has 3 aromatic rings. The van der Waals surface area contributed by atoms with Gasteiger partial charge in [-0.3, -0.25) is 15.5 Å². The Morgan fingerprint density at radius 1 is 1.19 bits per heavy atom. The Labute approximate surface area is 276 Å². The lowest BCUT2D eigenvalue weighted by Crippen LogP contribution is -2.45. The fourth-order valence-electron chi connectivity index (χ4n) is 4.54. The fraction of sp³-hybridized carbons (Fsp3) is 0.258. The number of hydrazone groups is 1. The molecule has 0 aromatic heterocycles. The molecular weight excluding hydrogens is 685 g/mol. The third kappa shape index (κ3) is 8.74. The smallest absolute Gasteiger partial charge is 0.337 e. The van der Waals surface area contributed by atoms with Crippen molar-refractivity contribution in [3.8, 4) is 17.2 Å². The number of aliphatic hydroxyl groups is 1. The molecule has 3 aromatic carbocycles. The number of hydrogen-bond acceptors (Lipinski definition) is 11. The summed E-state index contributed by atoms with van der Waals surface area (Å²) in [5.41, 5.74) is 3.75. The highest BCUT2D eigenvalue weighted by atomic mass is 79.9.